The minimum atomic E-state index is 0.489. The highest BCUT2D eigenvalue weighted by Crippen LogP contribution is 2.33. The molecule has 0 atom stereocenters. The zero-order valence-electron chi connectivity index (χ0n) is 6.50. The predicted molar refractivity (Wildman–Crippen MR) is 43.0 cm³/mol. The highest BCUT2D eigenvalue weighted by molar-refractivity contribution is 5.43. The summed E-state index contributed by atoms with van der Waals surface area (Å²) in [6.07, 6.45) is 1.05. The average Bonchev–Trinajstić information content (AvgIpc) is 2.50. The molecule has 0 bridgehead atoms. The van der Waals surface area contributed by atoms with Gasteiger partial charge in [-0.15, -0.1) is 0 Å². The van der Waals surface area contributed by atoms with Crippen molar-refractivity contribution in [2.24, 2.45) is 0 Å². The molecule has 0 radical (unpaired) electrons. The van der Waals surface area contributed by atoms with Crippen LogP contribution in [-0.2, 0) is 6.42 Å². The molecule has 1 aliphatic heterocycles. The second-order valence-electron chi connectivity index (χ2n) is 2.59. The summed E-state index contributed by atoms with van der Waals surface area (Å²) in [7, 11) is 0. The van der Waals surface area contributed by atoms with Crippen molar-refractivity contribution in [1.29, 1.82) is 0 Å². The van der Waals surface area contributed by atoms with Crippen LogP contribution >= 0.6 is 0 Å². The third-order valence-corrected chi connectivity index (χ3v) is 1.89. The molecule has 0 amide bonds. The Balaban J connectivity index is 2.41. The second kappa shape index (κ2) is 2.46. The fourth-order valence-electron chi connectivity index (χ4n) is 1.20. The first-order valence-corrected chi connectivity index (χ1v) is 3.83. The normalized spacial score (nSPS) is 13.5. The van der Waals surface area contributed by atoms with Gasteiger partial charge in [-0.25, -0.2) is 0 Å². The van der Waals surface area contributed by atoms with Crippen LogP contribution in [0.3, 0.4) is 0 Å². The van der Waals surface area contributed by atoms with Gasteiger partial charge >= 0.3 is 6.79 Å². The summed E-state index contributed by atoms with van der Waals surface area (Å²) in [5.41, 5.74) is 1.31. The molecule has 0 aromatic heterocycles. The fraction of sp³-hybridized carbons (Fsp3) is 0.333. The number of aromatic hydroxyl groups is 1. The first-order valence-electron chi connectivity index (χ1n) is 3.83. The molecular formula is C9H11O2+. The van der Waals surface area contributed by atoms with Crippen LogP contribution in [0.2, 0.25) is 0 Å². The van der Waals surface area contributed by atoms with E-state index in [0.29, 0.717) is 6.79 Å². The van der Waals surface area contributed by atoms with E-state index in [2.05, 4.69) is 23.8 Å². The van der Waals surface area contributed by atoms with Gasteiger partial charge in [-0.3, -0.25) is 0 Å². The molecule has 0 fully saturated rings. The van der Waals surface area contributed by atoms with Crippen molar-refractivity contribution in [1.82, 2.24) is 0 Å². The summed E-state index contributed by atoms with van der Waals surface area (Å²) in [6, 6.07) is 6.17. The van der Waals surface area contributed by atoms with Crippen LogP contribution in [0.5, 0.6) is 11.5 Å². The van der Waals surface area contributed by atoms with Crippen molar-refractivity contribution in [3.8, 4) is 11.5 Å². The molecule has 1 aliphatic rings. The van der Waals surface area contributed by atoms with E-state index in [-0.39, 0.29) is 0 Å². The van der Waals surface area contributed by atoms with E-state index in [1.807, 2.05) is 6.07 Å². The molecule has 0 unspecified atom stereocenters. The minimum absolute atomic E-state index is 0.489. The Hall–Kier alpha value is -1.18. The molecule has 0 saturated carbocycles. The average molecular weight is 151 g/mol. The molecule has 2 rings (SSSR count). The first kappa shape index (κ1) is 6.53. The van der Waals surface area contributed by atoms with Crippen LogP contribution in [-0.4, -0.2) is 11.5 Å². The molecular weight excluding hydrogens is 140 g/mol. The third kappa shape index (κ3) is 1.04. The van der Waals surface area contributed by atoms with Gasteiger partial charge in [0.25, 0.3) is 5.75 Å². The number of benzene rings is 1. The Morgan fingerprint density at radius 1 is 1.55 bits per heavy atom. The highest BCUT2D eigenvalue weighted by atomic mass is 16.7. The number of fused-ring (bicyclic) bond motifs is 1. The molecule has 1 N–H and O–H groups in total. The molecule has 0 aliphatic carbocycles. The molecule has 0 spiro atoms. The molecule has 2 heteroatoms. The monoisotopic (exact) mass is 151 g/mol. The number of aryl methyl sites for hydroxylation is 1. The molecule has 0 saturated heterocycles. The van der Waals surface area contributed by atoms with Gasteiger partial charge in [-0.05, 0) is 24.1 Å². The Kier molecular flexibility index (Phi) is 1.46. The molecule has 2 nitrogen and oxygen atoms in total. The van der Waals surface area contributed by atoms with Crippen molar-refractivity contribution in [3.05, 3.63) is 23.8 Å². The van der Waals surface area contributed by atoms with Gasteiger partial charge < -0.3 is 9.47 Å². The lowest BCUT2D eigenvalue weighted by Gasteiger charge is -1.95. The van der Waals surface area contributed by atoms with Crippen LogP contribution in [0.15, 0.2) is 18.2 Å². The quantitative estimate of drug-likeness (QED) is 0.561. The van der Waals surface area contributed by atoms with E-state index in [4.69, 9.17) is 4.74 Å². The second-order valence-corrected chi connectivity index (χ2v) is 2.59. The number of ether oxygens (including phenoxy) is 2. The van der Waals surface area contributed by atoms with Crippen molar-refractivity contribution in [2.75, 3.05) is 6.79 Å². The highest BCUT2D eigenvalue weighted by Gasteiger charge is 2.17. The largest absolute Gasteiger partial charge is 0.551 e. The van der Waals surface area contributed by atoms with Gasteiger partial charge in [0.2, 0.25) is 5.75 Å². The molecule has 1 aromatic carbocycles. The zero-order valence-corrected chi connectivity index (χ0v) is 6.50. The van der Waals surface area contributed by atoms with Gasteiger partial charge in [0.15, 0.2) is 0 Å². The molecule has 1 heterocycles. The molecule has 11 heavy (non-hydrogen) atoms. The number of rotatable bonds is 1. The van der Waals surface area contributed by atoms with E-state index in [0.717, 1.165) is 17.9 Å². The maximum absolute atomic E-state index is 5.27. The minimum Gasteiger partial charge on any atom is -0.551 e. The Morgan fingerprint density at radius 3 is 3.27 bits per heavy atom. The van der Waals surface area contributed by atoms with E-state index in [1.54, 1.807) is 0 Å². The van der Waals surface area contributed by atoms with Crippen LogP contribution in [0.4, 0.5) is 0 Å². The summed E-state index contributed by atoms with van der Waals surface area (Å²) in [6.45, 7) is 2.62. The van der Waals surface area contributed by atoms with Crippen LogP contribution in [0.25, 0.3) is 0 Å². The van der Waals surface area contributed by atoms with Crippen molar-refractivity contribution >= 4 is 0 Å². The van der Waals surface area contributed by atoms with Crippen molar-refractivity contribution in [2.45, 2.75) is 13.3 Å². The topological polar surface area (TPSA) is 22.0 Å². The van der Waals surface area contributed by atoms with Gasteiger partial charge in [-0.2, -0.15) is 0 Å². The maximum atomic E-state index is 5.27. The lowest BCUT2D eigenvalue weighted by molar-refractivity contribution is 0.00265. The Labute approximate surface area is 65.7 Å². The summed E-state index contributed by atoms with van der Waals surface area (Å²) < 4.78 is 9.43. The van der Waals surface area contributed by atoms with E-state index in [9.17, 15) is 0 Å². The van der Waals surface area contributed by atoms with Crippen LogP contribution in [0.1, 0.15) is 12.5 Å². The number of aliphatic hydroxyl groups is 1. The summed E-state index contributed by atoms with van der Waals surface area (Å²) in [5.74, 6) is 1.92. The Morgan fingerprint density at radius 2 is 2.45 bits per heavy atom. The van der Waals surface area contributed by atoms with Crippen molar-refractivity contribution < 1.29 is 9.47 Å². The zero-order chi connectivity index (χ0) is 7.68. The van der Waals surface area contributed by atoms with Gasteiger partial charge in [0.05, 0.1) is 0 Å². The van der Waals surface area contributed by atoms with E-state index >= 15 is 0 Å². The predicted octanol–water partition coefficient (Wildman–Crippen LogP) is 1.84. The van der Waals surface area contributed by atoms with Crippen LogP contribution in [0, 0.1) is 0 Å². The van der Waals surface area contributed by atoms with E-state index in [1.165, 1.54) is 5.56 Å². The summed E-state index contributed by atoms with van der Waals surface area (Å²) in [5, 5.41) is 0. The van der Waals surface area contributed by atoms with Gasteiger partial charge in [0, 0.05) is 6.07 Å². The first-order chi connectivity index (χ1) is 5.40. The lowest BCUT2D eigenvalue weighted by atomic mass is 10.1. The SMILES string of the molecule is CCc1ccc2c(c1)OC[OH+]2. The maximum Gasteiger partial charge on any atom is 0.327 e. The smallest absolute Gasteiger partial charge is 0.327 e. The van der Waals surface area contributed by atoms with Gasteiger partial charge in [-0.1, -0.05) is 6.92 Å². The molecule has 1 aromatic rings. The van der Waals surface area contributed by atoms with E-state index < -0.39 is 0 Å². The summed E-state index contributed by atoms with van der Waals surface area (Å²) in [4.78, 5) is 0. The van der Waals surface area contributed by atoms with Gasteiger partial charge in [0.1, 0.15) is 0 Å². The number of hydrogen-bond acceptors (Lipinski definition) is 1. The fourth-order valence-corrected chi connectivity index (χ4v) is 1.20. The summed E-state index contributed by atoms with van der Waals surface area (Å²) >= 11 is 0. The lowest BCUT2D eigenvalue weighted by Crippen LogP contribution is -1.89. The number of hydrogen-bond donors (Lipinski definition) is 0. The standard InChI is InChI=1S/C9H10O2/c1-2-7-3-4-8-9(5-7)11-6-10-8/h3-5H,2,6H2,1H3/p+1. The Bertz CT molecular complexity index is 268. The van der Waals surface area contributed by atoms with Crippen molar-refractivity contribution in [3.63, 3.8) is 0 Å². The molecule has 58 valence electrons. The van der Waals surface area contributed by atoms with Crippen LogP contribution < -0.4 is 4.74 Å². The third-order valence-electron chi connectivity index (χ3n) is 1.89.